The molecule has 1 aromatic heterocycles. The van der Waals surface area contributed by atoms with E-state index in [0.29, 0.717) is 0 Å². The van der Waals surface area contributed by atoms with Crippen LogP contribution in [0.2, 0.25) is 0 Å². The second-order valence-electron chi connectivity index (χ2n) is 3.05. The normalized spacial score (nSPS) is 16.0. The van der Waals surface area contributed by atoms with Crippen LogP contribution in [0.15, 0.2) is 16.5 Å². The molecule has 0 aliphatic rings. The van der Waals surface area contributed by atoms with Crippen molar-refractivity contribution in [2.45, 2.75) is 32.4 Å². The number of hydrogen-bond acceptors (Lipinski definition) is 3. The molecule has 1 rings (SSSR count). The van der Waals surface area contributed by atoms with Crippen molar-refractivity contribution in [3.05, 3.63) is 23.7 Å². The third-order valence-corrected chi connectivity index (χ3v) is 2.02. The molecule has 0 aromatic carbocycles. The van der Waals surface area contributed by atoms with E-state index in [4.69, 9.17) is 15.9 Å². The molecule has 2 atom stereocenters. The maximum absolute atomic E-state index is 5.84. The molecule has 0 fully saturated rings. The van der Waals surface area contributed by atoms with E-state index in [9.17, 15) is 0 Å². The number of rotatable bonds is 3. The lowest BCUT2D eigenvalue weighted by atomic mass is 10.1. The maximum Gasteiger partial charge on any atom is 0.122 e. The quantitative estimate of drug-likeness (QED) is 0.715. The van der Waals surface area contributed by atoms with Gasteiger partial charge in [0.05, 0.1) is 6.04 Å². The number of nitrogens with two attached hydrogens (primary N) is 2. The Morgan fingerprint density at radius 2 is 2.08 bits per heavy atom. The van der Waals surface area contributed by atoms with Gasteiger partial charge in [-0.05, 0) is 25.5 Å². The Hall–Kier alpha value is -0.800. The molecule has 12 heavy (non-hydrogen) atoms. The van der Waals surface area contributed by atoms with Crippen LogP contribution in [-0.4, -0.2) is 6.04 Å². The van der Waals surface area contributed by atoms with Gasteiger partial charge in [0.15, 0.2) is 0 Å². The summed E-state index contributed by atoms with van der Waals surface area (Å²) >= 11 is 0. The lowest BCUT2D eigenvalue weighted by Crippen LogP contribution is -2.33. The van der Waals surface area contributed by atoms with Crippen LogP contribution in [0.5, 0.6) is 0 Å². The van der Waals surface area contributed by atoms with Crippen molar-refractivity contribution < 1.29 is 4.42 Å². The first-order valence-electron chi connectivity index (χ1n) is 4.22. The van der Waals surface area contributed by atoms with Gasteiger partial charge in [0, 0.05) is 6.04 Å². The van der Waals surface area contributed by atoms with Gasteiger partial charge in [-0.15, -0.1) is 0 Å². The Kier molecular flexibility index (Phi) is 2.89. The van der Waals surface area contributed by atoms with Crippen molar-refractivity contribution >= 4 is 0 Å². The Bertz CT molecular complexity index is 244. The van der Waals surface area contributed by atoms with Gasteiger partial charge >= 0.3 is 0 Å². The summed E-state index contributed by atoms with van der Waals surface area (Å²) in [4.78, 5) is 0. The molecule has 0 saturated carbocycles. The van der Waals surface area contributed by atoms with E-state index in [-0.39, 0.29) is 12.1 Å². The van der Waals surface area contributed by atoms with Crippen LogP contribution in [-0.2, 0) is 0 Å². The first-order valence-corrected chi connectivity index (χ1v) is 4.22. The molecule has 3 heteroatoms. The van der Waals surface area contributed by atoms with Gasteiger partial charge in [-0.25, -0.2) is 0 Å². The van der Waals surface area contributed by atoms with Gasteiger partial charge in [0.1, 0.15) is 11.5 Å². The maximum atomic E-state index is 5.84. The zero-order valence-electron chi connectivity index (χ0n) is 7.58. The predicted molar refractivity (Wildman–Crippen MR) is 48.6 cm³/mol. The van der Waals surface area contributed by atoms with Crippen LogP contribution < -0.4 is 11.5 Å². The molecule has 0 spiro atoms. The highest BCUT2D eigenvalue weighted by atomic mass is 16.3. The van der Waals surface area contributed by atoms with E-state index in [2.05, 4.69) is 0 Å². The molecule has 68 valence electrons. The molecule has 4 N–H and O–H groups in total. The second-order valence-corrected chi connectivity index (χ2v) is 3.05. The smallest absolute Gasteiger partial charge is 0.122 e. The summed E-state index contributed by atoms with van der Waals surface area (Å²) in [7, 11) is 0. The zero-order chi connectivity index (χ0) is 9.14. The predicted octanol–water partition coefficient (Wildman–Crippen LogP) is 1.33. The van der Waals surface area contributed by atoms with Crippen LogP contribution in [0.3, 0.4) is 0 Å². The van der Waals surface area contributed by atoms with Crippen LogP contribution in [0, 0.1) is 6.92 Å². The van der Waals surface area contributed by atoms with Crippen LogP contribution in [0.25, 0.3) is 0 Å². The van der Waals surface area contributed by atoms with E-state index >= 15 is 0 Å². The summed E-state index contributed by atoms with van der Waals surface area (Å²) < 4.78 is 5.36. The summed E-state index contributed by atoms with van der Waals surface area (Å²) in [5, 5.41) is 0. The van der Waals surface area contributed by atoms with E-state index in [1.807, 2.05) is 26.0 Å². The molecule has 0 unspecified atom stereocenters. The van der Waals surface area contributed by atoms with Crippen molar-refractivity contribution in [1.29, 1.82) is 0 Å². The SMILES string of the molecule is CC[C@H](N)[C@@H](N)c1ccc(C)o1. The zero-order valence-corrected chi connectivity index (χ0v) is 7.58. The molecule has 0 amide bonds. The summed E-state index contributed by atoms with van der Waals surface area (Å²) in [6.07, 6.45) is 0.862. The highest BCUT2D eigenvalue weighted by molar-refractivity contribution is 5.10. The Morgan fingerprint density at radius 3 is 2.50 bits per heavy atom. The highest BCUT2D eigenvalue weighted by Crippen LogP contribution is 2.17. The third kappa shape index (κ3) is 1.87. The van der Waals surface area contributed by atoms with Gasteiger partial charge in [-0.3, -0.25) is 0 Å². The van der Waals surface area contributed by atoms with Gasteiger partial charge in [-0.2, -0.15) is 0 Å². The average Bonchev–Trinajstić information content (AvgIpc) is 2.49. The van der Waals surface area contributed by atoms with Crippen molar-refractivity contribution in [3.8, 4) is 0 Å². The minimum absolute atomic E-state index is 0.0180. The standard InChI is InChI=1S/C9H16N2O/c1-3-7(10)9(11)8-5-4-6(2)12-8/h4-5,7,9H,3,10-11H2,1-2H3/t7-,9+/m0/s1. The minimum atomic E-state index is -0.177. The molecule has 1 aromatic rings. The molecule has 0 saturated heterocycles. The van der Waals surface area contributed by atoms with Crippen molar-refractivity contribution in [2.24, 2.45) is 11.5 Å². The lowest BCUT2D eigenvalue weighted by Gasteiger charge is -2.15. The Labute approximate surface area is 72.7 Å². The first-order chi connectivity index (χ1) is 5.65. The summed E-state index contributed by atoms with van der Waals surface area (Å²) in [5.41, 5.74) is 11.6. The largest absolute Gasteiger partial charge is 0.465 e. The second kappa shape index (κ2) is 3.74. The molecule has 0 radical (unpaired) electrons. The van der Waals surface area contributed by atoms with Crippen LogP contribution in [0.1, 0.15) is 30.9 Å². The van der Waals surface area contributed by atoms with E-state index in [1.54, 1.807) is 0 Å². The summed E-state index contributed by atoms with van der Waals surface area (Å²) in [6.45, 7) is 3.91. The molecule has 0 bridgehead atoms. The third-order valence-electron chi connectivity index (χ3n) is 2.02. The molecule has 1 heterocycles. The first kappa shape index (κ1) is 9.29. The lowest BCUT2D eigenvalue weighted by molar-refractivity contribution is 0.405. The fourth-order valence-corrected chi connectivity index (χ4v) is 1.10. The minimum Gasteiger partial charge on any atom is -0.465 e. The number of furan rings is 1. The van der Waals surface area contributed by atoms with Crippen LogP contribution in [0.4, 0.5) is 0 Å². The van der Waals surface area contributed by atoms with E-state index in [0.717, 1.165) is 17.9 Å². The van der Waals surface area contributed by atoms with Crippen molar-refractivity contribution in [1.82, 2.24) is 0 Å². The molecular formula is C9H16N2O. The van der Waals surface area contributed by atoms with E-state index in [1.165, 1.54) is 0 Å². The molecule has 0 aliphatic heterocycles. The molecular weight excluding hydrogens is 152 g/mol. The fraction of sp³-hybridized carbons (Fsp3) is 0.556. The monoisotopic (exact) mass is 168 g/mol. The molecule has 0 aliphatic carbocycles. The summed E-state index contributed by atoms with van der Waals surface area (Å²) in [6, 6.07) is 3.59. The van der Waals surface area contributed by atoms with Gasteiger partial charge in [0.2, 0.25) is 0 Å². The van der Waals surface area contributed by atoms with E-state index < -0.39 is 0 Å². The van der Waals surface area contributed by atoms with Gasteiger partial charge < -0.3 is 15.9 Å². The summed E-state index contributed by atoms with van der Waals surface area (Å²) in [5.74, 6) is 1.66. The Morgan fingerprint density at radius 1 is 1.42 bits per heavy atom. The fourth-order valence-electron chi connectivity index (χ4n) is 1.10. The number of hydrogen-bond donors (Lipinski definition) is 2. The van der Waals surface area contributed by atoms with Gasteiger partial charge in [-0.1, -0.05) is 6.92 Å². The highest BCUT2D eigenvalue weighted by Gasteiger charge is 2.16. The topological polar surface area (TPSA) is 65.2 Å². The van der Waals surface area contributed by atoms with Crippen molar-refractivity contribution in [2.75, 3.05) is 0 Å². The Balaban J connectivity index is 2.70. The van der Waals surface area contributed by atoms with Crippen LogP contribution >= 0.6 is 0 Å². The molecule has 3 nitrogen and oxygen atoms in total. The van der Waals surface area contributed by atoms with Gasteiger partial charge in [0.25, 0.3) is 0 Å². The van der Waals surface area contributed by atoms with Crippen molar-refractivity contribution in [3.63, 3.8) is 0 Å². The average molecular weight is 168 g/mol. The number of aryl methyl sites for hydroxylation is 1.